The lowest BCUT2D eigenvalue weighted by Crippen LogP contribution is -2.30. The lowest BCUT2D eigenvalue weighted by molar-refractivity contribution is 0.0925. The fraction of sp³-hybridized carbons (Fsp3) is 0.278. The number of carbonyl (C=O) groups is 1. The lowest BCUT2D eigenvalue weighted by Gasteiger charge is -2.18. The van der Waals surface area contributed by atoms with Gasteiger partial charge >= 0.3 is 0 Å². The van der Waals surface area contributed by atoms with Crippen molar-refractivity contribution in [1.82, 2.24) is 20.3 Å². The molecule has 0 spiro atoms. The van der Waals surface area contributed by atoms with Gasteiger partial charge < -0.3 is 10.3 Å². The highest BCUT2D eigenvalue weighted by molar-refractivity contribution is 5.92. The Hall–Kier alpha value is -2.69. The number of imidazole rings is 1. The van der Waals surface area contributed by atoms with E-state index in [1.807, 2.05) is 24.3 Å². The second-order valence-electron chi connectivity index (χ2n) is 6.01. The molecule has 0 aliphatic heterocycles. The molecule has 0 aliphatic rings. The number of aromatic nitrogens is 3. The quantitative estimate of drug-likeness (QED) is 0.758. The van der Waals surface area contributed by atoms with Crippen LogP contribution >= 0.6 is 0 Å². The summed E-state index contributed by atoms with van der Waals surface area (Å²) < 4.78 is 0. The number of H-pyrrole nitrogens is 1. The van der Waals surface area contributed by atoms with E-state index in [0.29, 0.717) is 11.6 Å². The SMILES string of the molecule is CC(C)CC(NC(=O)c1ccccn1)c1nc2ccccc2[nH]1. The van der Waals surface area contributed by atoms with Gasteiger partial charge in [0.05, 0.1) is 17.1 Å². The number of fused-ring (bicyclic) bond motifs is 1. The van der Waals surface area contributed by atoms with Crippen LogP contribution in [0.15, 0.2) is 48.7 Å². The number of rotatable bonds is 5. The Labute approximate surface area is 135 Å². The summed E-state index contributed by atoms with van der Waals surface area (Å²) in [5, 5.41) is 3.05. The highest BCUT2D eigenvalue weighted by atomic mass is 16.1. The topological polar surface area (TPSA) is 70.7 Å². The molecule has 5 heteroatoms. The summed E-state index contributed by atoms with van der Waals surface area (Å²) in [6.45, 7) is 4.26. The predicted octanol–water partition coefficient (Wildman–Crippen LogP) is 3.48. The van der Waals surface area contributed by atoms with Gasteiger partial charge in [0, 0.05) is 6.20 Å². The van der Waals surface area contributed by atoms with Gasteiger partial charge in [-0.05, 0) is 36.6 Å². The second kappa shape index (κ2) is 6.60. The van der Waals surface area contributed by atoms with Crippen LogP contribution in [0.1, 0.15) is 42.6 Å². The van der Waals surface area contributed by atoms with Gasteiger partial charge in [0.1, 0.15) is 11.5 Å². The van der Waals surface area contributed by atoms with E-state index in [0.717, 1.165) is 23.3 Å². The van der Waals surface area contributed by atoms with Crippen molar-refractivity contribution >= 4 is 16.9 Å². The maximum atomic E-state index is 12.4. The molecule has 2 N–H and O–H groups in total. The third kappa shape index (κ3) is 3.56. The zero-order chi connectivity index (χ0) is 16.2. The molecule has 1 aromatic carbocycles. The Balaban J connectivity index is 1.87. The highest BCUT2D eigenvalue weighted by Crippen LogP contribution is 2.22. The number of carbonyl (C=O) groups excluding carboxylic acids is 1. The maximum absolute atomic E-state index is 12.4. The average molecular weight is 308 g/mol. The summed E-state index contributed by atoms with van der Waals surface area (Å²) in [5.74, 6) is 1.03. The summed E-state index contributed by atoms with van der Waals surface area (Å²) in [6.07, 6.45) is 2.42. The summed E-state index contributed by atoms with van der Waals surface area (Å²) >= 11 is 0. The molecule has 0 fully saturated rings. The van der Waals surface area contributed by atoms with Gasteiger partial charge in [-0.1, -0.05) is 32.0 Å². The maximum Gasteiger partial charge on any atom is 0.270 e. The van der Waals surface area contributed by atoms with E-state index in [1.165, 1.54) is 0 Å². The van der Waals surface area contributed by atoms with Crippen molar-refractivity contribution in [3.63, 3.8) is 0 Å². The van der Waals surface area contributed by atoms with Crippen molar-refractivity contribution in [1.29, 1.82) is 0 Å². The monoisotopic (exact) mass is 308 g/mol. The van der Waals surface area contributed by atoms with E-state index >= 15 is 0 Å². The minimum atomic E-state index is -0.184. The van der Waals surface area contributed by atoms with E-state index in [9.17, 15) is 4.79 Å². The van der Waals surface area contributed by atoms with E-state index in [1.54, 1.807) is 24.4 Å². The van der Waals surface area contributed by atoms with Crippen molar-refractivity contribution in [3.8, 4) is 0 Å². The van der Waals surface area contributed by atoms with E-state index < -0.39 is 0 Å². The van der Waals surface area contributed by atoms with Crippen LogP contribution in [-0.4, -0.2) is 20.9 Å². The van der Waals surface area contributed by atoms with Gasteiger partial charge in [-0.3, -0.25) is 9.78 Å². The lowest BCUT2D eigenvalue weighted by atomic mass is 10.0. The molecule has 3 rings (SSSR count). The molecule has 23 heavy (non-hydrogen) atoms. The standard InChI is InChI=1S/C18H20N4O/c1-12(2)11-16(22-18(23)15-9-5-6-10-19-15)17-20-13-7-3-4-8-14(13)21-17/h3-10,12,16H,11H2,1-2H3,(H,20,21)(H,22,23). The van der Waals surface area contributed by atoms with Gasteiger partial charge in [-0.25, -0.2) is 4.98 Å². The van der Waals surface area contributed by atoms with Crippen LogP contribution in [0, 0.1) is 5.92 Å². The number of pyridine rings is 1. The molecule has 0 saturated carbocycles. The summed E-state index contributed by atoms with van der Waals surface area (Å²) in [7, 11) is 0. The van der Waals surface area contributed by atoms with Crippen LogP contribution in [0.4, 0.5) is 0 Å². The Kier molecular flexibility index (Phi) is 4.37. The van der Waals surface area contributed by atoms with Crippen molar-refractivity contribution < 1.29 is 4.79 Å². The van der Waals surface area contributed by atoms with Crippen molar-refractivity contribution in [3.05, 3.63) is 60.2 Å². The van der Waals surface area contributed by atoms with Gasteiger partial charge in [-0.15, -0.1) is 0 Å². The van der Waals surface area contributed by atoms with E-state index in [4.69, 9.17) is 0 Å². The molecule has 118 valence electrons. The molecule has 5 nitrogen and oxygen atoms in total. The first-order valence-corrected chi connectivity index (χ1v) is 7.80. The van der Waals surface area contributed by atoms with Crippen LogP contribution in [0.25, 0.3) is 11.0 Å². The fourth-order valence-electron chi connectivity index (χ4n) is 2.58. The first-order valence-electron chi connectivity index (χ1n) is 7.80. The third-order valence-electron chi connectivity index (χ3n) is 3.65. The molecule has 1 unspecified atom stereocenters. The summed E-state index contributed by atoms with van der Waals surface area (Å²) in [4.78, 5) is 24.4. The number of benzene rings is 1. The molecule has 1 amide bonds. The van der Waals surface area contributed by atoms with Gasteiger partial charge in [0.15, 0.2) is 0 Å². The first-order chi connectivity index (χ1) is 11.1. The Morgan fingerprint density at radius 3 is 2.65 bits per heavy atom. The first kappa shape index (κ1) is 15.2. The molecule has 0 bridgehead atoms. The van der Waals surface area contributed by atoms with Crippen LogP contribution in [0.2, 0.25) is 0 Å². The van der Waals surface area contributed by atoms with Gasteiger partial charge in [0.25, 0.3) is 5.91 Å². The molecular weight excluding hydrogens is 288 g/mol. The highest BCUT2D eigenvalue weighted by Gasteiger charge is 2.20. The molecule has 0 saturated heterocycles. The molecule has 2 aromatic heterocycles. The number of nitrogens with one attached hydrogen (secondary N) is 2. The number of hydrogen-bond acceptors (Lipinski definition) is 3. The minimum absolute atomic E-state index is 0.170. The van der Waals surface area contributed by atoms with Crippen molar-refractivity contribution in [2.75, 3.05) is 0 Å². The number of hydrogen-bond donors (Lipinski definition) is 2. The third-order valence-corrected chi connectivity index (χ3v) is 3.65. The van der Waals surface area contributed by atoms with Crippen molar-refractivity contribution in [2.45, 2.75) is 26.3 Å². The molecule has 0 aliphatic carbocycles. The number of nitrogens with zero attached hydrogens (tertiary/aromatic N) is 2. The number of amides is 1. The molecular formula is C18H20N4O. The van der Waals surface area contributed by atoms with E-state index in [-0.39, 0.29) is 11.9 Å². The van der Waals surface area contributed by atoms with Crippen molar-refractivity contribution in [2.24, 2.45) is 5.92 Å². The Bertz CT molecular complexity index is 762. The molecule has 1 atom stereocenters. The Morgan fingerprint density at radius 2 is 1.96 bits per heavy atom. The van der Waals surface area contributed by atoms with Crippen LogP contribution < -0.4 is 5.32 Å². The molecule has 3 aromatic rings. The smallest absolute Gasteiger partial charge is 0.270 e. The van der Waals surface area contributed by atoms with Gasteiger partial charge in [0.2, 0.25) is 0 Å². The van der Waals surface area contributed by atoms with Crippen LogP contribution in [0.5, 0.6) is 0 Å². The zero-order valence-corrected chi connectivity index (χ0v) is 13.3. The molecule has 0 radical (unpaired) electrons. The average Bonchev–Trinajstić information content (AvgIpc) is 2.98. The number of aromatic amines is 1. The second-order valence-corrected chi connectivity index (χ2v) is 6.01. The number of para-hydroxylation sites is 2. The minimum Gasteiger partial charge on any atom is -0.341 e. The Morgan fingerprint density at radius 1 is 1.17 bits per heavy atom. The van der Waals surface area contributed by atoms with Crippen LogP contribution in [-0.2, 0) is 0 Å². The largest absolute Gasteiger partial charge is 0.341 e. The molecule has 2 heterocycles. The van der Waals surface area contributed by atoms with Gasteiger partial charge in [-0.2, -0.15) is 0 Å². The van der Waals surface area contributed by atoms with Crippen LogP contribution in [0.3, 0.4) is 0 Å². The van der Waals surface area contributed by atoms with E-state index in [2.05, 4.69) is 34.1 Å². The zero-order valence-electron chi connectivity index (χ0n) is 13.3. The fourth-order valence-corrected chi connectivity index (χ4v) is 2.58. The normalized spacial score (nSPS) is 12.5. The summed E-state index contributed by atoms with van der Waals surface area (Å²) in [6, 6.07) is 13.0. The summed E-state index contributed by atoms with van der Waals surface area (Å²) in [5.41, 5.74) is 2.30. The predicted molar refractivity (Wildman–Crippen MR) is 90.0 cm³/mol.